The lowest BCUT2D eigenvalue weighted by atomic mass is 9.88. The maximum atomic E-state index is 13.4. The summed E-state index contributed by atoms with van der Waals surface area (Å²) in [7, 11) is 3.63. The number of fused-ring (bicyclic) bond motifs is 1. The van der Waals surface area contributed by atoms with Crippen LogP contribution in [0.1, 0.15) is 38.8 Å². The number of methoxy groups -OCH3 is 1. The molecule has 0 fully saturated rings. The molecule has 0 saturated carbocycles. The fraction of sp³-hybridized carbons (Fsp3) is 0.400. The average Bonchev–Trinajstić information content (AvgIpc) is 2.68. The van der Waals surface area contributed by atoms with E-state index in [0.717, 1.165) is 33.9 Å². The second-order valence-corrected chi connectivity index (χ2v) is 8.35. The van der Waals surface area contributed by atoms with Crippen LogP contribution in [-0.4, -0.2) is 43.7 Å². The number of allylic oxidation sites excluding steroid dienone is 1. The number of carbonyl (C=O) groups is 1. The van der Waals surface area contributed by atoms with Gasteiger partial charge in [-0.2, -0.15) is 0 Å². The van der Waals surface area contributed by atoms with Crippen molar-refractivity contribution in [2.24, 2.45) is 0 Å². The normalized spacial score (nSPS) is 14.9. The number of likely N-dealkylation sites (N-methyl/N-ethyl adjacent to an activating group) is 1. The molecular formula is C25H32N2O3. The molecule has 0 saturated heterocycles. The molecule has 0 aliphatic carbocycles. The summed E-state index contributed by atoms with van der Waals surface area (Å²) in [4.78, 5) is 17.4. The van der Waals surface area contributed by atoms with Crippen LogP contribution in [0.25, 0.3) is 5.57 Å². The van der Waals surface area contributed by atoms with Gasteiger partial charge in [-0.05, 0) is 76.2 Å². The standard InChI is InChI=1S/C25H32N2O3/c1-7-30-21-11-12-23-22(14-21)18(2)15-25(3,4)27(23)24(28)17-26(5)16-19-9-8-10-20(13-19)29-6/h8-15H,7,16-17H2,1-6H3. The van der Waals surface area contributed by atoms with Crippen molar-refractivity contribution in [1.29, 1.82) is 0 Å². The number of hydrogen-bond acceptors (Lipinski definition) is 4. The molecular weight excluding hydrogens is 376 g/mol. The van der Waals surface area contributed by atoms with Crippen LogP contribution in [0, 0.1) is 0 Å². The molecule has 1 heterocycles. The minimum Gasteiger partial charge on any atom is -0.497 e. The molecule has 1 aliphatic heterocycles. The second kappa shape index (κ2) is 8.92. The molecule has 0 bridgehead atoms. The summed E-state index contributed by atoms with van der Waals surface area (Å²) < 4.78 is 11.0. The van der Waals surface area contributed by atoms with E-state index in [9.17, 15) is 4.79 Å². The zero-order valence-electron chi connectivity index (χ0n) is 18.9. The molecule has 2 aromatic rings. The number of rotatable bonds is 7. The van der Waals surface area contributed by atoms with E-state index in [4.69, 9.17) is 9.47 Å². The van der Waals surface area contributed by atoms with Gasteiger partial charge in [0.2, 0.25) is 5.91 Å². The Labute approximate surface area is 179 Å². The topological polar surface area (TPSA) is 42.0 Å². The summed E-state index contributed by atoms with van der Waals surface area (Å²) in [5.41, 5.74) is 3.84. The predicted octanol–water partition coefficient (Wildman–Crippen LogP) is 4.75. The molecule has 5 heteroatoms. The van der Waals surface area contributed by atoms with Gasteiger partial charge in [-0.3, -0.25) is 9.69 Å². The molecule has 3 rings (SSSR count). The largest absolute Gasteiger partial charge is 0.497 e. The van der Waals surface area contributed by atoms with Gasteiger partial charge in [0.05, 0.1) is 31.5 Å². The predicted molar refractivity (Wildman–Crippen MR) is 122 cm³/mol. The first-order chi connectivity index (χ1) is 14.2. The fourth-order valence-electron chi connectivity index (χ4n) is 4.16. The van der Waals surface area contributed by atoms with Crippen LogP contribution in [0.2, 0.25) is 0 Å². The van der Waals surface area contributed by atoms with Crippen molar-refractivity contribution >= 4 is 17.2 Å². The maximum absolute atomic E-state index is 13.4. The molecule has 0 atom stereocenters. The van der Waals surface area contributed by atoms with E-state index in [1.165, 1.54) is 0 Å². The smallest absolute Gasteiger partial charge is 0.241 e. The number of anilines is 1. The molecule has 1 aliphatic rings. The quantitative estimate of drug-likeness (QED) is 0.663. The minimum absolute atomic E-state index is 0.0690. The number of hydrogen-bond donors (Lipinski definition) is 0. The van der Waals surface area contributed by atoms with Crippen LogP contribution in [0.3, 0.4) is 0 Å². The van der Waals surface area contributed by atoms with Crippen LogP contribution < -0.4 is 14.4 Å². The van der Waals surface area contributed by atoms with Crippen LogP contribution in [-0.2, 0) is 11.3 Å². The van der Waals surface area contributed by atoms with Crippen LogP contribution in [0.4, 0.5) is 5.69 Å². The molecule has 160 valence electrons. The van der Waals surface area contributed by atoms with Crippen LogP contribution >= 0.6 is 0 Å². The van der Waals surface area contributed by atoms with Gasteiger partial charge in [-0.15, -0.1) is 0 Å². The van der Waals surface area contributed by atoms with Gasteiger partial charge in [0.15, 0.2) is 0 Å². The first-order valence-electron chi connectivity index (χ1n) is 10.4. The molecule has 2 aromatic carbocycles. The summed E-state index contributed by atoms with van der Waals surface area (Å²) in [5.74, 6) is 1.72. The zero-order valence-corrected chi connectivity index (χ0v) is 18.9. The number of nitrogens with zero attached hydrogens (tertiary/aromatic N) is 2. The Hall–Kier alpha value is -2.79. The van der Waals surface area contributed by atoms with E-state index in [1.807, 2.05) is 66.2 Å². The molecule has 1 amide bonds. The van der Waals surface area contributed by atoms with Crippen molar-refractivity contribution in [3.63, 3.8) is 0 Å². The van der Waals surface area contributed by atoms with Crippen molar-refractivity contribution in [1.82, 2.24) is 4.90 Å². The monoisotopic (exact) mass is 408 g/mol. The first-order valence-corrected chi connectivity index (χ1v) is 10.4. The van der Waals surface area contributed by atoms with Gasteiger partial charge >= 0.3 is 0 Å². The van der Waals surface area contributed by atoms with Crippen molar-refractivity contribution < 1.29 is 14.3 Å². The van der Waals surface area contributed by atoms with E-state index in [1.54, 1.807) is 7.11 Å². The minimum atomic E-state index is -0.405. The number of carbonyl (C=O) groups excluding carboxylic acids is 1. The highest BCUT2D eigenvalue weighted by atomic mass is 16.5. The molecule has 30 heavy (non-hydrogen) atoms. The molecule has 0 aromatic heterocycles. The summed E-state index contributed by atoms with van der Waals surface area (Å²) >= 11 is 0. The maximum Gasteiger partial charge on any atom is 0.241 e. The highest BCUT2D eigenvalue weighted by Crippen LogP contribution is 2.40. The summed E-state index contributed by atoms with van der Waals surface area (Å²) in [6.07, 6.45) is 2.16. The van der Waals surface area contributed by atoms with Crippen LogP contribution in [0.5, 0.6) is 11.5 Å². The third-order valence-electron chi connectivity index (χ3n) is 5.33. The van der Waals surface area contributed by atoms with Gasteiger partial charge < -0.3 is 14.4 Å². The zero-order chi connectivity index (χ0) is 21.9. The van der Waals surface area contributed by atoms with Crippen molar-refractivity contribution in [3.8, 4) is 11.5 Å². The third kappa shape index (κ3) is 4.68. The summed E-state index contributed by atoms with van der Waals surface area (Å²) in [5, 5.41) is 0. The van der Waals surface area contributed by atoms with Crippen molar-refractivity contribution in [2.45, 2.75) is 39.8 Å². The first kappa shape index (κ1) is 21.9. The van der Waals surface area contributed by atoms with E-state index in [0.29, 0.717) is 19.7 Å². The van der Waals surface area contributed by atoms with E-state index in [2.05, 4.69) is 26.8 Å². The van der Waals surface area contributed by atoms with Gasteiger partial charge in [0.25, 0.3) is 0 Å². The van der Waals surface area contributed by atoms with Crippen LogP contribution in [0.15, 0.2) is 48.5 Å². The summed E-state index contributed by atoms with van der Waals surface area (Å²) in [6.45, 7) is 9.82. The molecule has 0 unspecified atom stereocenters. The summed E-state index contributed by atoms with van der Waals surface area (Å²) in [6, 6.07) is 13.9. The fourth-order valence-corrected chi connectivity index (χ4v) is 4.16. The van der Waals surface area contributed by atoms with E-state index in [-0.39, 0.29) is 5.91 Å². The average molecular weight is 409 g/mol. The number of benzene rings is 2. The Kier molecular flexibility index (Phi) is 6.52. The Morgan fingerprint density at radius 2 is 1.90 bits per heavy atom. The van der Waals surface area contributed by atoms with E-state index < -0.39 is 5.54 Å². The molecule has 0 spiro atoms. The van der Waals surface area contributed by atoms with Gasteiger partial charge in [0.1, 0.15) is 11.5 Å². The lowest BCUT2D eigenvalue weighted by Gasteiger charge is -2.42. The van der Waals surface area contributed by atoms with Crippen molar-refractivity contribution in [2.75, 3.05) is 32.2 Å². The van der Waals surface area contributed by atoms with Gasteiger partial charge in [-0.25, -0.2) is 0 Å². The Morgan fingerprint density at radius 1 is 1.13 bits per heavy atom. The highest BCUT2D eigenvalue weighted by Gasteiger charge is 2.36. The second-order valence-electron chi connectivity index (χ2n) is 8.35. The number of amides is 1. The van der Waals surface area contributed by atoms with Crippen molar-refractivity contribution in [3.05, 3.63) is 59.7 Å². The van der Waals surface area contributed by atoms with Gasteiger partial charge in [-0.1, -0.05) is 18.2 Å². The lowest BCUT2D eigenvalue weighted by molar-refractivity contribution is -0.120. The Bertz CT molecular complexity index is 949. The van der Waals surface area contributed by atoms with E-state index >= 15 is 0 Å². The highest BCUT2D eigenvalue weighted by molar-refractivity contribution is 6.01. The SMILES string of the molecule is CCOc1ccc2c(c1)C(C)=CC(C)(C)N2C(=O)CN(C)Cc1cccc(OC)c1. The molecule has 0 N–H and O–H groups in total. The molecule has 0 radical (unpaired) electrons. The Morgan fingerprint density at radius 3 is 2.60 bits per heavy atom. The molecule has 5 nitrogen and oxygen atoms in total. The van der Waals surface area contributed by atoms with Gasteiger partial charge in [0, 0.05) is 12.1 Å². The Balaban J connectivity index is 1.82. The lowest BCUT2D eigenvalue weighted by Crippen LogP contribution is -2.51. The third-order valence-corrected chi connectivity index (χ3v) is 5.33. The number of ether oxygens (including phenoxy) is 2.